The van der Waals surface area contributed by atoms with Crippen LogP contribution in [0.5, 0.6) is 0 Å². The van der Waals surface area contributed by atoms with Crippen molar-refractivity contribution in [2.24, 2.45) is 5.73 Å². The van der Waals surface area contributed by atoms with E-state index in [-0.39, 0.29) is 17.0 Å². The van der Waals surface area contributed by atoms with Gasteiger partial charge in [0.05, 0.1) is 25.1 Å². The van der Waals surface area contributed by atoms with Crippen molar-refractivity contribution in [1.29, 1.82) is 0 Å². The van der Waals surface area contributed by atoms with Crippen LogP contribution in [0, 0.1) is 0 Å². The van der Waals surface area contributed by atoms with Crippen LogP contribution in [-0.2, 0) is 39.2 Å². The second-order valence-electron chi connectivity index (χ2n) is 9.48. The monoisotopic (exact) mass is 650 g/mol. The van der Waals surface area contributed by atoms with Gasteiger partial charge in [0.2, 0.25) is 0 Å². The van der Waals surface area contributed by atoms with Gasteiger partial charge in [-0.3, -0.25) is 9.09 Å². The number of nitrogens with two attached hydrogens (primary N) is 2. The van der Waals surface area contributed by atoms with Crippen molar-refractivity contribution >= 4 is 43.3 Å². The molecule has 2 aromatic heterocycles. The molecule has 0 bridgehead atoms. The van der Waals surface area contributed by atoms with Crippen LogP contribution in [0.2, 0.25) is 0 Å². The average molecular weight is 650 g/mol. The summed E-state index contributed by atoms with van der Waals surface area (Å²) >= 11 is 4.74. The number of aliphatic hydroxyl groups is 5. The highest BCUT2D eigenvalue weighted by molar-refractivity contribution is 8.08. The summed E-state index contributed by atoms with van der Waals surface area (Å²) in [6, 6.07) is 0. The normalized spacial score (nSPS) is 38.0. The van der Waals surface area contributed by atoms with Crippen molar-refractivity contribution in [1.82, 2.24) is 19.5 Å². The van der Waals surface area contributed by atoms with Crippen molar-refractivity contribution in [3.05, 3.63) is 12.7 Å². The van der Waals surface area contributed by atoms with Gasteiger partial charge in [-0.15, -0.1) is 0 Å². The molecule has 2 aliphatic heterocycles. The van der Waals surface area contributed by atoms with Gasteiger partial charge in [-0.25, -0.2) is 28.2 Å². The number of aromatic nitrogens is 4. The van der Waals surface area contributed by atoms with E-state index in [1.54, 1.807) is 0 Å². The van der Waals surface area contributed by atoms with E-state index in [2.05, 4.69) is 23.8 Å². The Bertz CT molecular complexity index is 1340. The maximum Gasteiger partial charge on any atom is 0.481 e. The van der Waals surface area contributed by atoms with Gasteiger partial charge < -0.3 is 60.8 Å². The zero-order valence-electron chi connectivity index (χ0n) is 21.0. The van der Waals surface area contributed by atoms with Crippen molar-refractivity contribution < 1.29 is 67.1 Å². The number of hydrogen-bond donors (Lipinski definition) is 9. The molecule has 4 heterocycles. The number of nitrogen functional groups attached to an aromatic ring is 1. The first-order valence-corrected chi connectivity index (χ1v) is 15.8. The molecule has 2 aliphatic rings. The average Bonchev–Trinajstić information content (AvgIpc) is 3.41. The molecule has 41 heavy (non-hydrogen) atoms. The van der Waals surface area contributed by atoms with Crippen LogP contribution in [0.1, 0.15) is 13.2 Å². The summed E-state index contributed by atoms with van der Waals surface area (Å²) in [6.45, 7) is -5.09. The Labute approximate surface area is 235 Å². The largest absolute Gasteiger partial charge is 0.481 e. The Hall–Kier alpha value is -1.36. The highest BCUT2D eigenvalue weighted by Crippen LogP contribution is 2.62. The number of alkyl halides is 1. The maximum absolute atomic E-state index is 13.9. The highest BCUT2D eigenvalue weighted by Gasteiger charge is 2.53. The third-order valence-corrected chi connectivity index (χ3v) is 9.96. The fraction of sp³-hybridized carbons (Fsp3) is 0.722. The van der Waals surface area contributed by atoms with Crippen LogP contribution < -0.4 is 11.5 Å². The molecule has 0 spiro atoms. The SMILES string of the molecule is C[C@@]1(N)[C@H](O)[C@@H](COP(O)(=S)OP(=O)(O)OC2OC([C@@H](F)CO)C(O)C(O)C2O)O[C@H]1n1cnc2c(N)ncnc21. The molecular formula is C18H29FN6O13P2S. The lowest BCUT2D eigenvalue weighted by Gasteiger charge is -2.41. The molecule has 0 amide bonds. The Morgan fingerprint density at radius 3 is 2.54 bits per heavy atom. The predicted molar refractivity (Wildman–Crippen MR) is 135 cm³/mol. The van der Waals surface area contributed by atoms with Crippen LogP contribution in [0.4, 0.5) is 10.2 Å². The molecule has 232 valence electrons. The first-order valence-electron chi connectivity index (χ1n) is 11.7. The molecule has 2 aromatic rings. The quantitative estimate of drug-likeness (QED) is 0.115. The number of phosphoric ester groups is 1. The van der Waals surface area contributed by atoms with Crippen LogP contribution in [0.15, 0.2) is 12.7 Å². The van der Waals surface area contributed by atoms with Crippen LogP contribution in [-0.4, -0.2) is 123 Å². The molecule has 2 fully saturated rings. The van der Waals surface area contributed by atoms with Gasteiger partial charge in [0.1, 0.15) is 48.5 Å². The Kier molecular flexibility index (Phi) is 9.50. The molecule has 4 rings (SSSR count). The van der Waals surface area contributed by atoms with Gasteiger partial charge >= 0.3 is 14.5 Å². The molecule has 0 aromatic carbocycles. The third-order valence-electron chi connectivity index (χ3n) is 6.45. The van der Waals surface area contributed by atoms with Gasteiger partial charge in [0, 0.05) is 0 Å². The number of fused-ring (bicyclic) bond motifs is 1. The summed E-state index contributed by atoms with van der Waals surface area (Å²) in [5, 5.41) is 49.6. The molecule has 19 nitrogen and oxygen atoms in total. The minimum atomic E-state index is -5.48. The molecule has 12 atom stereocenters. The molecule has 0 radical (unpaired) electrons. The fourth-order valence-electron chi connectivity index (χ4n) is 4.31. The Morgan fingerprint density at radius 2 is 1.88 bits per heavy atom. The summed E-state index contributed by atoms with van der Waals surface area (Å²) in [4.78, 5) is 32.5. The Balaban J connectivity index is 1.41. The second kappa shape index (κ2) is 12.0. The summed E-state index contributed by atoms with van der Waals surface area (Å²) in [7, 11) is -5.48. The van der Waals surface area contributed by atoms with E-state index >= 15 is 0 Å². The first-order chi connectivity index (χ1) is 19.0. The van der Waals surface area contributed by atoms with E-state index in [4.69, 9.17) is 42.4 Å². The van der Waals surface area contributed by atoms with E-state index in [0.29, 0.717) is 0 Å². The van der Waals surface area contributed by atoms with Gasteiger partial charge in [-0.2, -0.15) is 0 Å². The van der Waals surface area contributed by atoms with E-state index in [0.717, 1.165) is 0 Å². The minimum Gasteiger partial charge on any atom is -0.393 e. The van der Waals surface area contributed by atoms with Crippen LogP contribution >= 0.6 is 14.5 Å². The van der Waals surface area contributed by atoms with E-state index in [1.165, 1.54) is 24.1 Å². The van der Waals surface area contributed by atoms with Gasteiger partial charge in [0.25, 0.3) is 0 Å². The number of phosphoric acid groups is 1. The van der Waals surface area contributed by atoms with E-state index in [1.807, 2.05) is 0 Å². The summed E-state index contributed by atoms with van der Waals surface area (Å²) in [6.07, 6.45) is -14.2. The standard InChI is InChI=1S/C18H29FN6O13P2S/c1-18(21)13(30)7(35-17(18)25-5-24-8-14(20)22-4-23-15(8)25)3-34-40(33,41)38-39(31,32)37-16-11(29)9(27)10(28)12(36-16)6(19)2-26/h4-7,9-13,16-17,26-30H,2-3,21H2,1H3,(H,31,32)(H,33,41)(H2,20,22,23)/t6-,7+,9?,10?,11?,12?,13+,16?,17+,18+,40?/m0/s1. The molecule has 7 unspecified atom stereocenters. The number of halogens is 1. The van der Waals surface area contributed by atoms with E-state index < -0.39 is 88.6 Å². The third kappa shape index (κ3) is 6.60. The van der Waals surface area contributed by atoms with Crippen molar-refractivity contribution in [3.8, 4) is 0 Å². The van der Waals surface area contributed by atoms with Crippen LogP contribution in [0.3, 0.4) is 0 Å². The number of ether oxygens (including phenoxy) is 2. The van der Waals surface area contributed by atoms with Crippen LogP contribution in [0.25, 0.3) is 11.2 Å². The fourth-order valence-corrected chi connectivity index (χ4v) is 7.40. The molecule has 11 N–H and O–H groups in total. The van der Waals surface area contributed by atoms with Crippen molar-refractivity contribution in [2.75, 3.05) is 18.9 Å². The summed E-state index contributed by atoms with van der Waals surface area (Å²) in [5.41, 5.74) is 11.1. The lowest BCUT2D eigenvalue weighted by atomic mass is 9.93. The lowest BCUT2D eigenvalue weighted by Crippen LogP contribution is -2.60. The lowest BCUT2D eigenvalue weighted by molar-refractivity contribution is -0.287. The topological polar surface area (TPSA) is 300 Å². The smallest absolute Gasteiger partial charge is 0.393 e. The number of rotatable bonds is 10. The van der Waals surface area contributed by atoms with Gasteiger partial charge in [-0.05, 0) is 18.7 Å². The maximum atomic E-state index is 13.9. The summed E-state index contributed by atoms with van der Waals surface area (Å²) < 4.78 is 52.7. The highest BCUT2D eigenvalue weighted by atomic mass is 32.5. The van der Waals surface area contributed by atoms with Gasteiger partial charge in [-0.1, -0.05) is 0 Å². The zero-order chi connectivity index (χ0) is 30.5. The minimum absolute atomic E-state index is 0.0879. The molecular weight excluding hydrogens is 621 g/mol. The zero-order valence-corrected chi connectivity index (χ0v) is 23.6. The molecule has 0 aliphatic carbocycles. The number of aliphatic hydroxyl groups excluding tert-OH is 5. The number of imidazole rings is 1. The Morgan fingerprint density at radius 1 is 1.20 bits per heavy atom. The molecule has 0 saturated carbocycles. The van der Waals surface area contributed by atoms with E-state index in [9.17, 15) is 39.2 Å². The number of nitrogens with zero attached hydrogens (tertiary/aromatic N) is 4. The molecule has 23 heteroatoms. The molecule has 2 saturated heterocycles. The predicted octanol–water partition coefficient (Wildman–Crippen LogP) is -3.11. The van der Waals surface area contributed by atoms with Gasteiger partial charge in [0.15, 0.2) is 30.2 Å². The van der Waals surface area contributed by atoms with Crippen molar-refractivity contribution in [3.63, 3.8) is 0 Å². The van der Waals surface area contributed by atoms with Crippen molar-refractivity contribution in [2.45, 2.75) is 67.8 Å². The summed E-state index contributed by atoms with van der Waals surface area (Å²) in [5.74, 6) is 0.0879. The second-order valence-corrected chi connectivity index (χ2v) is 13.9. The first kappa shape index (κ1) is 32.6. The number of anilines is 1. The number of hydrogen-bond acceptors (Lipinski definition) is 17.